The molecule has 0 saturated carbocycles. The molecule has 0 saturated heterocycles. The van der Waals surface area contributed by atoms with Crippen LogP contribution in [0.1, 0.15) is 0 Å². The second-order valence-corrected chi connectivity index (χ2v) is 7.80. The van der Waals surface area contributed by atoms with Crippen molar-refractivity contribution in [3.8, 4) is 11.3 Å². The molecule has 1 N–H and O–H groups in total. The highest BCUT2D eigenvalue weighted by Crippen LogP contribution is 2.47. The molecule has 0 radical (unpaired) electrons. The van der Waals surface area contributed by atoms with Crippen LogP contribution in [-0.2, 0) is 10.7 Å². The number of nitrogens with one attached hydrogen (secondary N) is 1. The van der Waals surface area contributed by atoms with Crippen molar-refractivity contribution < 1.29 is 0 Å². The molecule has 2 nitrogen and oxygen atoms in total. The molecule has 0 aliphatic heterocycles. The topological polar surface area (TPSA) is 36.7 Å². The highest BCUT2D eigenvalue weighted by Gasteiger charge is 2.24. The van der Waals surface area contributed by atoms with Crippen molar-refractivity contribution in [3.05, 3.63) is 74.8 Å². The Morgan fingerprint density at radius 1 is 0.750 bits per heavy atom. The standard InChI is InChI=1S/C17H10Cl4N2S/c18-13-12(11-8-4-5-9-23-11)14(19)16(21)17(15(13)20)24(22)10-6-2-1-3-7-10/h1-9,22H. The van der Waals surface area contributed by atoms with Crippen LogP contribution in [0.4, 0.5) is 0 Å². The Morgan fingerprint density at radius 2 is 1.33 bits per heavy atom. The van der Waals surface area contributed by atoms with E-state index in [0.717, 1.165) is 4.90 Å². The van der Waals surface area contributed by atoms with Gasteiger partial charge in [0.05, 0.1) is 30.7 Å². The molecule has 2 aromatic carbocycles. The van der Waals surface area contributed by atoms with Crippen molar-refractivity contribution in [3.63, 3.8) is 0 Å². The fourth-order valence-corrected chi connectivity index (χ4v) is 5.05. The maximum Gasteiger partial charge on any atom is 0.0764 e. The van der Waals surface area contributed by atoms with Crippen LogP contribution in [-0.4, -0.2) is 4.98 Å². The fraction of sp³-hybridized carbons (Fsp3) is 0. The Morgan fingerprint density at radius 3 is 1.88 bits per heavy atom. The van der Waals surface area contributed by atoms with E-state index in [1.807, 2.05) is 36.4 Å². The SMILES string of the molecule is N=S(c1ccccc1)c1c(Cl)c(Cl)c(-c2ccccn2)c(Cl)c1Cl. The first-order valence-electron chi connectivity index (χ1n) is 6.80. The lowest BCUT2D eigenvalue weighted by atomic mass is 10.1. The normalized spacial score (nSPS) is 12.2. The van der Waals surface area contributed by atoms with Crippen LogP contribution in [0.5, 0.6) is 0 Å². The smallest absolute Gasteiger partial charge is 0.0764 e. The van der Waals surface area contributed by atoms with E-state index in [0.29, 0.717) is 16.2 Å². The molecule has 3 aromatic rings. The van der Waals surface area contributed by atoms with Gasteiger partial charge in [0.1, 0.15) is 0 Å². The summed E-state index contributed by atoms with van der Waals surface area (Å²) in [4.78, 5) is 5.45. The molecule has 0 amide bonds. The molecule has 24 heavy (non-hydrogen) atoms. The number of hydrogen-bond donors (Lipinski definition) is 1. The van der Waals surface area contributed by atoms with Crippen molar-refractivity contribution in [2.24, 2.45) is 0 Å². The fourth-order valence-electron chi connectivity index (χ4n) is 2.20. The van der Waals surface area contributed by atoms with Gasteiger partial charge in [-0.1, -0.05) is 70.7 Å². The van der Waals surface area contributed by atoms with Gasteiger partial charge in [-0.05, 0) is 35.0 Å². The monoisotopic (exact) mass is 414 g/mol. The maximum atomic E-state index is 8.53. The molecule has 1 heterocycles. The first-order chi connectivity index (χ1) is 11.5. The lowest BCUT2D eigenvalue weighted by molar-refractivity contribution is 1.31. The third kappa shape index (κ3) is 3.19. The second-order valence-electron chi connectivity index (χ2n) is 4.79. The van der Waals surface area contributed by atoms with Gasteiger partial charge in [0.2, 0.25) is 0 Å². The molecule has 0 fully saturated rings. The van der Waals surface area contributed by atoms with Gasteiger partial charge >= 0.3 is 0 Å². The first kappa shape index (κ1) is 17.7. The van der Waals surface area contributed by atoms with Crippen LogP contribution >= 0.6 is 46.4 Å². The molecule has 7 heteroatoms. The van der Waals surface area contributed by atoms with Crippen molar-refractivity contribution in [1.82, 2.24) is 4.98 Å². The van der Waals surface area contributed by atoms with Gasteiger partial charge < -0.3 is 0 Å². The van der Waals surface area contributed by atoms with Crippen molar-refractivity contribution >= 4 is 57.1 Å². The molecule has 0 spiro atoms. The second kappa shape index (κ2) is 7.42. The molecule has 0 bridgehead atoms. The molecule has 3 rings (SSSR count). The number of halogens is 4. The summed E-state index contributed by atoms with van der Waals surface area (Å²) in [6, 6.07) is 14.7. The molecule has 0 aliphatic carbocycles. The summed E-state index contributed by atoms with van der Waals surface area (Å²) in [7, 11) is -1.11. The number of pyridine rings is 1. The zero-order valence-corrected chi connectivity index (χ0v) is 15.9. The minimum Gasteiger partial charge on any atom is -0.271 e. The molecule has 0 aliphatic rings. The van der Waals surface area contributed by atoms with E-state index in [4.69, 9.17) is 51.2 Å². The van der Waals surface area contributed by atoms with E-state index in [-0.39, 0.29) is 20.1 Å². The van der Waals surface area contributed by atoms with Gasteiger partial charge in [-0.3, -0.25) is 9.76 Å². The first-order valence-corrected chi connectivity index (χ1v) is 9.54. The summed E-state index contributed by atoms with van der Waals surface area (Å²) in [6.07, 6.45) is 1.64. The van der Waals surface area contributed by atoms with Crippen LogP contribution < -0.4 is 0 Å². The molecular formula is C17H10Cl4N2S. The van der Waals surface area contributed by atoms with Gasteiger partial charge in [-0.15, -0.1) is 0 Å². The van der Waals surface area contributed by atoms with Gasteiger partial charge in [-0.25, -0.2) is 0 Å². The molecular weight excluding hydrogens is 406 g/mol. The Bertz CT molecular complexity index is 886. The minimum absolute atomic E-state index is 0.230. The van der Waals surface area contributed by atoms with Gasteiger partial charge in [0, 0.05) is 16.7 Å². The summed E-state index contributed by atoms with van der Waals surface area (Å²) in [5.74, 6) is 0. The summed E-state index contributed by atoms with van der Waals surface area (Å²) in [5.41, 5.74) is 1.05. The van der Waals surface area contributed by atoms with Crippen LogP contribution in [0.25, 0.3) is 11.3 Å². The summed E-state index contributed by atoms with van der Waals surface area (Å²) >= 11 is 25.8. The molecule has 1 aromatic heterocycles. The molecule has 1 unspecified atom stereocenters. The van der Waals surface area contributed by atoms with Crippen LogP contribution in [0.2, 0.25) is 20.1 Å². The zero-order valence-electron chi connectivity index (χ0n) is 12.1. The van der Waals surface area contributed by atoms with E-state index in [1.165, 1.54) is 0 Å². The minimum atomic E-state index is -1.11. The Kier molecular flexibility index (Phi) is 5.48. The number of benzene rings is 2. The maximum absolute atomic E-state index is 8.53. The highest BCUT2D eigenvalue weighted by atomic mass is 35.5. The lowest BCUT2D eigenvalue weighted by Gasteiger charge is -2.16. The third-order valence-electron chi connectivity index (χ3n) is 3.33. The van der Waals surface area contributed by atoms with E-state index in [9.17, 15) is 0 Å². The van der Waals surface area contributed by atoms with Gasteiger partial charge in [0.15, 0.2) is 0 Å². The Labute approximate surface area is 162 Å². The van der Waals surface area contributed by atoms with Crippen molar-refractivity contribution in [2.75, 3.05) is 0 Å². The van der Waals surface area contributed by atoms with E-state index >= 15 is 0 Å². The van der Waals surface area contributed by atoms with E-state index in [1.54, 1.807) is 18.3 Å². The molecule has 122 valence electrons. The third-order valence-corrected chi connectivity index (χ3v) is 6.82. The van der Waals surface area contributed by atoms with Crippen molar-refractivity contribution in [1.29, 1.82) is 4.78 Å². The number of nitrogens with zero attached hydrogens (tertiary/aromatic N) is 1. The van der Waals surface area contributed by atoms with Gasteiger partial charge in [-0.2, -0.15) is 0 Å². The largest absolute Gasteiger partial charge is 0.271 e. The average Bonchev–Trinajstić information content (AvgIpc) is 2.62. The Hall–Kier alpha value is -1.10. The lowest BCUT2D eigenvalue weighted by Crippen LogP contribution is -1.97. The van der Waals surface area contributed by atoms with E-state index in [2.05, 4.69) is 4.98 Å². The number of hydrogen-bond acceptors (Lipinski definition) is 2. The Balaban J connectivity index is 2.23. The summed E-state index contributed by atoms with van der Waals surface area (Å²) in [5, 5.41) is 0.962. The zero-order chi connectivity index (χ0) is 17.3. The number of rotatable bonds is 3. The summed E-state index contributed by atoms with van der Waals surface area (Å²) < 4.78 is 8.53. The van der Waals surface area contributed by atoms with Crippen LogP contribution in [0, 0.1) is 4.78 Å². The number of aromatic nitrogens is 1. The predicted octanol–water partition coefficient (Wildman–Crippen LogP) is 7.16. The van der Waals surface area contributed by atoms with Crippen LogP contribution in [0.3, 0.4) is 0 Å². The van der Waals surface area contributed by atoms with E-state index < -0.39 is 10.7 Å². The van der Waals surface area contributed by atoms with Crippen molar-refractivity contribution in [2.45, 2.75) is 9.79 Å². The molecule has 1 atom stereocenters. The average molecular weight is 416 g/mol. The van der Waals surface area contributed by atoms with Crippen LogP contribution in [0.15, 0.2) is 64.5 Å². The summed E-state index contributed by atoms with van der Waals surface area (Å²) in [6.45, 7) is 0. The van der Waals surface area contributed by atoms with Gasteiger partial charge in [0.25, 0.3) is 0 Å². The highest BCUT2D eigenvalue weighted by molar-refractivity contribution is 7.86. The predicted molar refractivity (Wildman–Crippen MR) is 103 cm³/mol. The quantitative estimate of drug-likeness (QED) is 0.452.